The summed E-state index contributed by atoms with van der Waals surface area (Å²) in [4.78, 5) is 16.4. The molecule has 1 heterocycles. The van der Waals surface area contributed by atoms with Gasteiger partial charge in [0.2, 0.25) is 0 Å². The molecule has 1 N–H and O–H groups in total. The van der Waals surface area contributed by atoms with Crippen LogP contribution in [0.3, 0.4) is 0 Å². The van der Waals surface area contributed by atoms with Crippen molar-refractivity contribution < 1.29 is 14.6 Å². The largest absolute Gasteiger partial charge is 0.459 e. The van der Waals surface area contributed by atoms with Crippen LogP contribution in [-0.2, 0) is 4.74 Å². The molecule has 25 heavy (non-hydrogen) atoms. The Morgan fingerprint density at radius 3 is 2.20 bits per heavy atom. The molecule has 1 saturated heterocycles. The summed E-state index contributed by atoms with van der Waals surface area (Å²) in [5.41, 5.74) is 1.74. The lowest BCUT2D eigenvalue weighted by atomic mass is 10.2. The van der Waals surface area contributed by atoms with Crippen LogP contribution in [0.4, 0.5) is 5.69 Å². The molecule has 1 aliphatic heterocycles. The molecule has 0 saturated carbocycles. The first-order chi connectivity index (χ1) is 12.2. The van der Waals surface area contributed by atoms with Gasteiger partial charge in [0.25, 0.3) is 0 Å². The van der Waals surface area contributed by atoms with Crippen LogP contribution in [0.15, 0.2) is 60.7 Å². The van der Waals surface area contributed by atoms with Gasteiger partial charge in [-0.1, -0.05) is 36.4 Å². The number of anilines is 1. The number of rotatable bonds is 6. The Hall–Kier alpha value is -2.37. The topological polar surface area (TPSA) is 53.0 Å². The predicted molar refractivity (Wildman–Crippen MR) is 97.8 cm³/mol. The number of hydrogen-bond acceptors (Lipinski definition) is 5. The van der Waals surface area contributed by atoms with Crippen molar-refractivity contribution in [3.05, 3.63) is 66.2 Å². The number of aliphatic hydroxyl groups excluding tert-OH is 1. The minimum absolute atomic E-state index is 0.0205. The number of hydrogen-bond donors (Lipinski definition) is 1. The van der Waals surface area contributed by atoms with Gasteiger partial charge in [0.15, 0.2) is 0 Å². The highest BCUT2D eigenvalue weighted by atomic mass is 16.5. The van der Waals surface area contributed by atoms with Crippen molar-refractivity contribution in [2.24, 2.45) is 0 Å². The van der Waals surface area contributed by atoms with Crippen LogP contribution in [0, 0.1) is 0 Å². The Morgan fingerprint density at radius 1 is 0.960 bits per heavy atom. The number of aliphatic hydroxyl groups is 1. The summed E-state index contributed by atoms with van der Waals surface area (Å²) in [6, 6.07) is 19.2. The number of carbonyl (C=O) groups excluding carboxylic acids is 1. The van der Waals surface area contributed by atoms with Gasteiger partial charge < -0.3 is 14.7 Å². The van der Waals surface area contributed by atoms with Crippen molar-refractivity contribution >= 4 is 11.7 Å². The number of esters is 1. The molecule has 1 aliphatic rings. The molecule has 132 valence electrons. The first kappa shape index (κ1) is 17.5. The van der Waals surface area contributed by atoms with Gasteiger partial charge in [-0.05, 0) is 24.3 Å². The first-order valence-electron chi connectivity index (χ1n) is 8.65. The second-order valence-corrected chi connectivity index (χ2v) is 6.24. The van der Waals surface area contributed by atoms with E-state index in [4.69, 9.17) is 4.74 Å². The number of carbonyl (C=O) groups is 1. The molecule has 2 aromatic carbocycles. The van der Waals surface area contributed by atoms with Crippen molar-refractivity contribution in [1.29, 1.82) is 0 Å². The van der Waals surface area contributed by atoms with Gasteiger partial charge >= 0.3 is 5.97 Å². The van der Waals surface area contributed by atoms with Crippen LogP contribution in [0.5, 0.6) is 0 Å². The van der Waals surface area contributed by atoms with Crippen LogP contribution >= 0.6 is 0 Å². The second-order valence-electron chi connectivity index (χ2n) is 6.24. The van der Waals surface area contributed by atoms with E-state index in [2.05, 4.69) is 21.9 Å². The molecule has 0 radical (unpaired) electrons. The Labute approximate surface area is 148 Å². The number of piperazine rings is 1. The number of benzene rings is 2. The monoisotopic (exact) mass is 340 g/mol. The van der Waals surface area contributed by atoms with Crippen molar-refractivity contribution in [2.75, 3.05) is 44.2 Å². The molecule has 0 spiro atoms. The molecule has 0 bridgehead atoms. The molecule has 5 nitrogen and oxygen atoms in total. The summed E-state index contributed by atoms with van der Waals surface area (Å²) in [7, 11) is 0. The average molecular weight is 340 g/mol. The van der Waals surface area contributed by atoms with Crippen LogP contribution in [0.1, 0.15) is 10.4 Å². The van der Waals surface area contributed by atoms with E-state index in [-0.39, 0.29) is 6.61 Å². The standard InChI is InChI=1S/C20H24N2O3/c23-19(16-25-20(24)17-7-3-1-4-8-17)15-21-11-13-22(14-12-21)18-9-5-2-6-10-18/h1-10,19,23H,11-16H2. The number of ether oxygens (including phenoxy) is 1. The fraction of sp³-hybridized carbons (Fsp3) is 0.350. The third-order valence-electron chi connectivity index (χ3n) is 4.38. The fourth-order valence-electron chi connectivity index (χ4n) is 3.01. The van der Waals surface area contributed by atoms with E-state index in [1.807, 2.05) is 24.3 Å². The normalized spacial score (nSPS) is 16.4. The molecule has 0 aliphatic carbocycles. The highest BCUT2D eigenvalue weighted by Crippen LogP contribution is 2.15. The van der Waals surface area contributed by atoms with Crippen molar-refractivity contribution in [3.63, 3.8) is 0 Å². The Kier molecular flexibility index (Phi) is 6.04. The van der Waals surface area contributed by atoms with Crippen molar-refractivity contribution in [2.45, 2.75) is 6.10 Å². The Balaban J connectivity index is 1.39. The van der Waals surface area contributed by atoms with Gasteiger partial charge in [0, 0.05) is 38.4 Å². The Morgan fingerprint density at radius 2 is 1.56 bits per heavy atom. The van der Waals surface area contributed by atoms with Crippen molar-refractivity contribution in [3.8, 4) is 0 Å². The maximum absolute atomic E-state index is 11.9. The third-order valence-corrected chi connectivity index (χ3v) is 4.38. The van der Waals surface area contributed by atoms with E-state index < -0.39 is 12.1 Å². The highest BCUT2D eigenvalue weighted by Gasteiger charge is 2.20. The van der Waals surface area contributed by atoms with E-state index in [1.54, 1.807) is 24.3 Å². The number of nitrogens with zero attached hydrogens (tertiary/aromatic N) is 2. The Bertz CT molecular complexity index is 655. The fourth-order valence-corrected chi connectivity index (χ4v) is 3.01. The third kappa shape index (κ3) is 5.05. The van der Waals surface area contributed by atoms with Crippen molar-refractivity contribution in [1.82, 2.24) is 4.90 Å². The lowest BCUT2D eigenvalue weighted by Crippen LogP contribution is -2.49. The molecular weight excluding hydrogens is 316 g/mol. The van der Waals surface area contributed by atoms with Gasteiger partial charge in [0.05, 0.1) is 5.56 Å². The SMILES string of the molecule is O=C(OCC(O)CN1CCN(c2ccccc2)CC1)c1ccccc1. The van der Waals surface area contributed by atoms with E-state index in [1.165, 1.54) is 5.69 Å². The second kappa shape index (κ2) is 8.65. The van der Waals surface area contributed by atoms with Gasteiger partial charge in [-0.3, -0.25) is 4.90 Å². The van der Waals surface area contributed by atoms with E-state index >= 15 is 0 Å². The van der Waals surface area contributed by atoms with Gasteiger partial charge in [0.1, 0.15) is 12.7 Å². The molecule has 5 heteroatoms. The first-order valence-corrected chi connectivity index (χ1v) is 8.65. The smallest absolute Gasteiger partial charge is 0.338 e. The highest BCUT2D eigenvalue weighted by molar-refractivity contribution is 5.89. The van der Waals surface area contributed by atoms with Gasteiger partial charge in [-0.25, -0.2) is 4.79 Å². The number of para-hydroxylation sites is 1. The van der Waals surface area contributed by atoms with E-state index in [0.717, 1.165) is 26.2 Å². The quantitative estimate of drug-likeness (QED) is 0.816. The van der Waals surface area contributed by atoms with Crippen LogP contribution in [0.25, 0.3) is 0 Å². The molecule has 0 aromatic heterocycles. The van der Waals surface area contributed by atoms with Crippen LogP contribution in [0.2, 0.25) is 0 Å². The summed E-state index contributed by atoms with van der Waals surface area (Å²) < 4.78 is 5.20. The number of β-amino-alcohol motifs (C(OH)–C–C–N with tert-alkyl or cyclic N) is 1. The molecular formula is C20H24N2O3. The average Bonchev–Trinajstić information content (AvgIpc) is 2.68. The maximum atomic E-state index is 11.9. The molecule has 1 atom stereocenters. The zero-order valence-corrected chi connectivity index (χ0v) is 14.3. The summed E-state index contributed by atoms with van der Waals surface area (Å²) >= 11 is 0. The molecule has 1 fully saturated rings. The lowest BCUT2D eigenvalue weighted by Gasteiger charge is -2.36. The molecule has 1 unspecified atom stereocenters. The maximum Gasteiger partial charge on any atom is 0.338 e. The summed E-state index contributed by atoms with van der Waals surface area (Å²) in [6.07, 6.45) is -0.670. The van der Waals surface area contributed by atoms with Gasteiger partial charge in [-0.15, -0.1) is 0 Å². The molecule has 0 amide bonds. The summed E-state index contributed by atoms with van der Waals surface area (Å²) in [6.45, 7) is 4.18. The zero-order chi connectivity index (χ0) is 17.5. The minimum atomic E-state index is -0.670. The zero-order valence-electron chi connectivity index (χ0n) is 14.3. The van der Waals surface area contributed by atoms with Gasteiger partial charge in [-0.2, -0.15) is 0 Å². The predicted octanol–water partition coefficient (Wildman–Crippen LogP) is 2.03. The summed E-state index contributed by atoms with van der Waals surface area (Å²) in [5.74, 6) is -0.395. The van der Waals surface area contributed by atoms with Crippen LogP contribution < -0.4 is 4.90 Å². The minimum Gasteiger partial charge on any atom is -0.459 e. The van der Waals surface area contributed by atoms with E-state index in [9.17, 15) is 9.90 Å². The molecule has 2 aromatic rings. The molecule has 3 rings (SSSR count). The lowest BCUT2D eigenvalue weighted by molar-refractivity contribution is 0.0152. The van der Waals surface area contributed by atoms with E-state index in [0.29, 0.717) is 12.1 Å². The summed E-state index contributed by atoms with van der Waals surface area (Å²) in [5, 5.41) is 10.1. The van der Waals surface area contributed by atoms with Crippen LogP contribution in [-0.4, -0.2) is 61.4 Å².